The van der Waals surface area contributed by atoms with E-state index < -0.39 is 5.50 Å². The summed E-state index contributed by atoms with van der Waals surface area (Å²) in [6, 6.07) is 1.39. The third-order valence-electron chi connectivity index (χ3n) is 3.68. The number of aromatic nitrogens is 1. The molecular formula is C14H20ClN3O3. The Morgan fingerprint density at radius 2 is 2.38 bits per heavy atom. The van der Waals surface area contributed by atoms with Crippen molar-refractivity contribution in [2.45, 2.75) is 37.9 Å². The zero-order valence-corrected chi connectivity index (χ0v) is 13.2. The number of ether oxygens (including phenoxy) is 1. The number of carbonyl (C=O) groups excluding carboxylic acids is 1. The van der Waals surface area contributed by atoms with E-state index in [2.05, 4.69) is 11.7 Å². The molecule has 2 rings (SSSR count). The van der Waals surface area contributed by atoms with Gasteiger partial charge >= 0.3 is 6.03 Å². The molecule has 116 valence electrons. The average Bonchev–Trinajstić information content (AvgIpc) is 3.03. The zero-order valence-electron chi connectivity index (χ0n) is 12.5. The summed E-state index contributed by atoms with van der Waals surface area (Å²) in [4.78, 5) is 15.6. The fourth-order valence-corrected chi connectivity index (χ4v) is 2.89. The van der Waals surface area contributed by atoms with Crippen molar-refractivity contribution in [1.29, 1.82) is 0 Å². The number of anilines is 1. The molecule has 2 heterocycles. The molecule has 0 spiro atoms. The number of halogens is 1. The van der Waals surface area contributed by atoms with Crippen LogP contribution in [0.25, 0.3) is 0 Å². The standard InChI is InChI=1S/C14H20ClN3O3/c1-5-7-17-11(6-2)13(15)18(14(17)19)12-8-10(16-21-12)9(3)20-4/h5,8-9,11,13H,1,6-7H2,2-4H3. The number of urea groups is 1. The minimum atomic E-state index is -0.499. The number of rotatable bonds is 6. The van der Waals surface area contributed by atoms with Crippen LogP contribution in [0.5, 0.6) is 0 Å². The van der Waals surface area contributed by atoms with Crippen molar-refractivity contribution in [2.75, 3.05) is 18.6 Å². The van der Waals surface area contributed by atoms with E-state index in [9.17, 15) is 4.79 Å². The van der Waals surface area contributed by atoms with Crippen LogP contribution in [-0.2, 0) is 4.74 Å². The highest BCUT2D eigenvalue weighted by Gasteiger charge is 2.45. The summed E-state index contributed by atoms with van der Waals surface area (Å²) in [7, 11) is 1.59. The summed E-state index contributed by atoms with van der Waals surface area (Å²) in [5.41, 5.74) is 0.125. The molecule has 1 aliphatic heterocycles. The van der Waals surface area contributed by atoms with Gasteiger partial charge in [0.1, 0.15) is 11.2 Å². The summed E-state index contributed by atoms with van der Waals surface area (Å²) in [6.07, 6.45) is 2.23. The Hall–Kier alpha value is -1.53. The topological polar surface area (TPSA) is 58.8 Å². The van der Waals surface area contributed by atoms with Gasteiger partial charge < -0.3 is 14.2 Å². The molecule has 6 nitrogen and oxygen atoms in total. The lowest BCUT2D eigenvalue weighted by Gasteiger charge is -2.20. The van der Waals surface area contributed by atoms with E-state index in [-0.39, 0.29) is 18.2 Å². The smallest absolute Gasteiger partial charge is 0.328 e. The second kappa shape index (κ2) is 6.49. The summed E-state index contributed by atoms with van der Waals surface area (Å²) >= 11 is 6.44. The Balaban J connectivity index is 2.28. The first-order valence-electron chi connectivity index (χ1n) is 6.89. The molecule has 0 saturated carbocycles. The number of methoxy groups -OCH3 is 1. The molecule has 1 aromatic rings. The van der Waals surface area contributed by atoms with E-state index in [0.717, 1.165) is 6.42 Å². The van der Waals surface area contributed by atoms with Gasteiger partial charge in [-0.05, 0) is 13.3 Å². The number of hydrogen-bond donors (Lipinski definition) is 0. The van der Waals surface area contributed by atoms with Gasteiger partial charge in [-0.15, -0.1) is 6.58 Å². The van der Waals surface area contributed by atoms with Crippen LogP contribution in [0.2, 0.25) is 0 Å². The summed E-state index contributed by atoms with van der Waals surface area (Å²) < 4.78 is 10.5. The molecule has 1 aliphatic rings. The van der Waals surface area contributed by atoms with Crippen molar-refractivity contribution < 1.29 is 14.1 Å². The second-order valence-corrected chi connectivity index (χ2v) is 5.36. The highest BCUT2D eigenvalue weighted by Crippen LogP contribution is 2.34. The van der Waals surface area contributed by atoms with Crippen LogP contribution in [0.1, 0.15) is 32.1 Å². The molecule has 0 radical (unpaired) electrons. The lowest BCUT2D eigenvalue weighted by Crippen LogP contribution is -2.34. The highest BCUT2D eigenvalue weighted by atomic mass is 35.5. The lowest BCUT2D eigenvalue weighted by atomic mass is 10.2. The largest absolute Gasteiger partial charge is 0.375 e. The summed E-state index contributed by atoms with van der Waals surface area (Å²) in [5.74, 6) is 0.337. The maximum Gasteiger partial charge on any atom is 0.328 e. The van der Waals surface area contributed by atoms with Crippen LogP contribution >= 0.6 is 11.6 Å². The van der Waals surface area contributed by atoms with Crippen molar-refractivity contribution >= 4 is 23.5 Å². The molecule has 7 heteroatoms. The van der Waals surface area contributed by atoms with Gasteiger partial charge in [-0.3, -0.25) is 0 Å². The van der Waals surface area contributed by atoms with Crippen LogP contribution < -0.4 is 4.90 Å². The Kier molecular flexibility index (Phi) is 4.90. The maximum atomic E-state index is 12.5. The predicted octanol–water partition coefficient (Wildman–Crippen LogP) is 3.15. The van der Waals surface area contributed by atoms with E-state index in [1.165, 1.54) is 4.90 Å². The van der Waals surface area contributed by atoms with E-state index >= 15 is 0 Å². The second-order valence-electron chi connectivity index (χ2n) is 4.91. The fourth-order valence-electron chi connectivity index (χ4n) is 2.39. The maximum absolute atomic E-state index is 12.5. The highest BCUT2D eigenvalue weighted by molar-refractivity contribution is 6.26. The minimum absolute atomic E-state index is 0.0921. The van der Waals surface area contributed by atoms with Gasteiger partial charge in [0.25, 0.3) is 0 Å². The minimum Gasteiger partial charge on any atom is -0.375 e. The molecule has 0 N–H and O–H groups in total. The van der Waals surface area contributed by atoms with Crippen LogP contribution in [0.15, 0.2) is 23.2 Å². The average molecular weight is 314 g/mol. The third kappa shape index (κ3) is 2.78. The van der Waals surface area contributed by atoms with Crippen LogP contribution in [-0.4, -0.2) is 41.3 Å². The van der Waals surface area contributed by atoms with Gasteiger partial charge in [0, 0.05) is 19.7 Å². The Morgan fingerprint density at radius 3 is 2.95 bits per heavy atom. The van der Waals surface area contributed by atoms with E-state index in [1.807, 2.05) is 13.8 Å². The first-order chi connectivity index (χ1) is 10.0. The van der Waals surface area contributed by atoms with Gasteiger partial charge in [0.05, 0.1) is 12.1 Å². The molecule has 1 fully saturated rings. The van der Waals surface area contributed by atoms with Crippen molar-refractivity contribution in [3.63, 3.8) is 0 Å². The monoisotopic (exact) mass is 313 g/mol. The SMILES string of the molecule is C=CCN1C(=O)N(c2cc(C(C)OC)no2)C(Cl)C1CC. The molecule has 2 amide bonds. The van der Waals surface area contributed by atoms with Crippen molar-refractivity contribution in [1.82, 2.24) is 10.1 Å². The van der Waals surface area contributed by atoms with Gasteiger partial charge in [-0.1, -0.05) is 29.8 Å². The van der Waals surface area contributed by atoms with Gasteiger partial charge in [0.15, 0.2) is 0 Å². The molecule has 0 bridgehead atoms. The predicted molar refractivity (Wildman–Crippen MR) is 80.4 cm³/mol. The van der Waals surface area contributed by atoms with Gasteiger partial charge in [0.2, 0.25) is 5.88 Å². The number of nitrogens with zero attached hydrogens (tertiary/aromatic N) is 3. The molecule has 1 saturated heterocycles. The molecule has 0 aliphatic carbocycles. The number of carbonyl (C=O) groups is 1. The molecule has 21 heavy (non-hydrogen) atoms. The Morgan fingerprint density at radius 1 is 1.67 bits per heavy atom. The summed E-state index contributed by atoms with van der Waals surface area (Å²) in [6.45, 7) is 7.98. The number of amides is 2. The Labute approximate surface area is 129 Å². The van der Waals surface area contributed by atoms with Gasteiger partial charge in [-0.25, -0.2) is 9.69 Å². The molecule has 3 unspecified atom stereocenters. The molecule has 3 atom stereocenters. The van der Waals surface area contributed by atoms with Crippen LogP contribution in [0.4, 0.5) is 10.7 Å². The van der Waals surface area contributed by atoms with Crippen molar-refractivity contribution in [2.24, 2.45) is 0 Å². The van der Waals surface area contributed by atoms with Crippen molar-refractivity contribution in [3.8, 4) is 0 Å². The van der Waals surface area contributed by atoms with Crippen LogP contribution in [0.3, 0.4) is 0 Å². The van der Waals surface area contributed by atoms with E-state index in [0.29, 0.717) is 18.1 Å². The molecule has 0 aromatic carbocycles. The van der Waals surface area contributed by atoms with Crippen LogP contribution in [0, 0.1) is 0 Å². The van der Waals surface area contributed by atoms with E-state index in [4.69, 9.17) is 20.9 Å². The normalized spacial score (nSPS) is 23.7. The number of hydrogen-bond acceptors (Lipinski definition) is 4. The Bertz CT molecular complexity index is 519. The lowest BCUT2D eigenvalue weighted by molar-refractivity contribution is 0.112. The molecule has 1 aromatic heterocycles. The zero-order chi connectivity index (χ0) is 15.6. The quantitative estimate of drug-likeness (QED) is 0.460. The number of alkyl halides is 1. The van der Waals surface area contributed by atoms with E-state index in [1.54, 1.807) is 24.2 Å². The first kappa shape index (κ1) is 15.9. The third-order valence-corrected chi connectivity index (χ3v) is 4.17. The fraction of sp³-hybridized carbons (Fsp3) is 0.571. The first-order valence-corrected chi connectivity index (χ1v) is 7.33. The molecular weight excluding hydrogens is 294 g/mol. The summed E-state index contributed by atoms with van der Waals surface area (Å²) in [5, 5.41) is 3.93. The van der Waals surface area contributed by atoms with Gasteiger partial charge in [-0.2, -0.15) is 0 Å². The van der Waals surface area contributed by atoms with Crippen molar-refractivity contribution in [3.05, 3.63) is 24.4 Å².